The van der Waals surface area contributed by atoms with Crippen molar-refractivity contribution < 1.29 is 19.1 Å². The molecular weight excluding hydrogens is 464 g/mol. The summed E-state index contributed by atoms with van der Waals surface area (Å²) in [7, 11) is 0. The second-order valence-corrected chi connectivity index (χ2v) is 9.38. The summed E-state index contributed by atoms with van der Waals surface area (Å²) in [6, 6.07) is 12.8. The summed E-state index contributed by atoms with van der Waals surface area (Å²) in [6.45, 7) is 6.89. The number of amides is 1. The lowest BCUT2D eigenvalue weighted by atomic mass is 10.1. The molecule has 1 aliphatic rings. The molecule has 4 rings (SSSR count). The van der Waals surface area contributed by atoms with E-state index in [0.717, 1.165) is 30.6 Å². The van der Waals surface area contributed by atoms with Crippen molar-refractivity contribution in [1.29, 1.82) is 0 Å². The summed E-state index contributed by atoms with van der Waals surface area (Å²) >= 11 is 1.52. The van der Waals surface area contributed by atoms with Crippen molar-refractivity contribution in [3.8, 4) is 22.9 Å². The Morgan fingerprint density at radius 2 is 1.91 bits per heavy atom. The Morgan fingerprint density at radius 3 is 2.66 bits per heavy atom. The van der Waals surface area contributed by atoms with E-state index in [0.29, 0.717) is 33.4 Å². The third kappa shape index (κ3) is 5.45. The van der Waals surface area contributed by atoms with Gasteiger partial charge < -0.3 is 9.47 Å². The van der Waals surface area contributed by atoms with Gasteiger partial charge in [0, 0.05) is 25.2 Å². The molecule has 0 spiro atoms. The first kappa shape index (κ1) is 24.7. The first-order valence-electron chi connectivity index (χ1n) is 11.6. The standard InChI is InChI=1S/C26H28N4O4S/c1-5-6-9-14-35-26-27-24-23(28-29-26)19-10-7-8-11-21(19)30(17(3)31)25(34-24)20-15-16(2)12-13-22(20)33-18(4)32/h7-8,10-13,15,25H,5-6,9,14H2,1-4H3/t25-/m0/s1. The number of unbranched alkanes of at least 4 members (excludes halogenated alkanes) is 2. The van der Waals surface area contributed by atoms with Gasteiger partial charge >= 0.3 is 5.97 Å². The Bertz CT molecular complexity index is 1250. The minimum absolute atomic E-state index is 0.243. The molecule has 0 aliphatic carbocycles. The Balaban J connectivity index is 1.86. The number of aryl methyl sites for hydroxylation is 1. The van der Waals surface area contributed by atoms with Gasteiger partial charge in [0.05, 0.1) is 11.3 Å². The van der Waals surface area contributed by atoms with Gasteiger partial charge in [-0.25, -0.2) is 0 Å². The summed E-state index contributed by atoms with van der Waals surface area (Å²) in [5.74, 6) is 0.759. The SMILES string of the molecule is CCCCCSc1nnc2c(n1)O[C@@H](c1cc(C)ccc1OC(C)=O)N(C(C)=O)c1ccccc1-2. The molecule has 0 bridgehead atoms. The van der Waals surface area contributed by atoms with Crippen LogP contribution in [-0.2, 0) is 9.59 Å². The van der Waals surface area contributed by atoms with Crippen molar-refractivity contribution in [1.82, 2.24) is 15.2 Å². The van der Waals surface area contributed by atoms with Gasteiger partial charge in [-0.1, -0.05) is 61.4 Å². The first-order chi connectivity index (χ1) is 16.9. The third-order valence-electron chi connectivity index (χ3n) is 5.52. The molecule has 0 saturated heterocycles. The number of rotatable bonds is 7. The van der Waals surface area contributed by atoms with Crippen LogP contribution < -0.4 is 14.4 Å². The molecule has 1 atom stereocenters. The summed E-state index contributed by atoms with van der Waals surface area (Å²) < 4.78 is 11.9. The lowest BCUT2D eigenvalue weighted by Crippen LogP contribution is -2.36. The number of aromatic nitrogens is 3. The van der Waals surface area contributed by atoms with Crippen LogP contribution in [0.5, 0.6) is 11.6 Å². The van der Waals surface area contributed by atoms with E-state index in [-0.39, 0.29) is 11.8 Å². The van der Waals surface area contributed by atoms with E-state index >= 15 is 0 Å². The minimum Gasteiger partial charge on any atom is -0.447 e. The molecule has 1 aromatic heterocycles. The van der Waals surface area contributed by atoms with E-state index < -0.39 is 12.2 Å². The van der Waals surface area contributed by atoms with E-state index in [2.05, 4.69) is 22.1 Å². The van der Waals surface area contributed by atoms with Crippen LogP contribution in [0.15, 0.2) is 47.6 Å². The molecule has 35 heavy (non-hydrogen) atoms. The van der Waals surface area contributed by atoms with Crippen LogP contribution in [0.3, 0.4) is 0 Å². The fourth-order valence-electron chi connectivity index (χ4n) is 3.94. The number of para-hydroxylation sites is 1. The van der Waals surface area contributed by atoms with Crippen LogP contribution in [0.4, 0.5) is 5.69 Å². The van der Waals surface area contributed by atoms with E-state index in [9.17, 15) is 9.59 Å². The molecule has 182 valence electrons. The van der Waals surface area contributed by atoms with Gasteiger partial charge in [0.2, 0.25) is 23.2 Å². The number of anilines is 1. The highest BCUT2D eigenvalue weighted by molar-refractivity contribution is 7.99. The van der Waals surface area contributed by atoms with E-state index in [1.54, 1.807) is 6.07 Å². The first-order valence-corrected chi connectivity index (χ1v) is 12.6. The highest BCUT2D eigenvalue weighted by Crippen LogP contribution is 2.45. The number of carbonyl (C=O) groups excluding carboxylic acids is 2. The average molecular weight is 493 g/mol. The van der Waals surface area contributed by atoms with Crippen LogP contribution in [0.2, 0.25) is 0 Å². The molecule has 0 saturated carbocycles. The average Bonchev–Trinajstić information content (AvgIpc) is 2.97. The fraction of sp³-hybridized carbons (Fsp3) is 0.346. The zero-order chi connectivity index (χ0) is 24.9. The predicted octanol–water partition coefficient (Wildman–Crippen LogP) is 5.50. The molecule has 2 heterocycles. The number of thioether (sulfide) groups is 1. The molecule has 0 N–H and O–H groups in total. The summed E-state index contributed by atoms with van der Waals surface area (Å²) in [5, 5.41) is 9.28. The zero-order valence-corrected chi connectivity index (χ0v) is 21.1. The van der Waals surface area contributed by atoms with Crippen LogP contribution in [-0.4, -0.2) is 32.8 Å². The van der Waals surface area contributed by atoms with Gasteiger partial charge in [0.1, 0.15) is 5.75 Å². The van der Waals surface area contributed by atoms with Crippen molar-refractivity contribution in [3.05, 3.63) is 53.6 Å². The molecule has 0 radical (unpaired) electrons. The number of hydrogen-bond acceptors (Lipinski definition) is 8. The Morgan fingerprint density at radius 1 is 1.11 bits per heavy atom. The number of fused-ring (bicyclic) bond motifs is 3. The third-order valence-corrected chi connectivity index (χ3v) is 6.44. The van der Waals surface area contributed by atoms with E-state index in [4.69, 9.17) is 9.47 Å². The van der Waals surface area contributed by atoms with Gasteiger partial charge in [-0.05, 0) is 31.5 Å². The van der Waals surface area contributed by atoms with Crippen LogP contribution in [0, 0.1) is 6.92 Å². The van der Waals surface area contributed by atoms with Crippen molar-refractivity contribution in [2.45, 2.75) is 58.3 Å². The second kappa shape index (κ2) is 10.9. The maximum Gasteiger partial charge on any atom is 0.308 e. The van der Waals surface area contributed by atoms with Crippen molar-refractivity contribution in [2.75, 3.05) is 10.7 Å². The van der Waals surface area contributed by atoms with E-state index in [1.165, 1.54) is 30.5 Å². The number of nitrogens with zero attached hydrogens (tertiary/aromatic N) is 4. The van der Waals surface area contributed by atoms with Gasteiger partial charge in [-0.15, -0.1) is 10.2 Å². The molecule has 9 heteroatoms. The topological polar surface area (TPSA) is 94.5 Å². The summed E-state index contributed by atoms with van der Waals surface area (Å²) in [6.07, 6.45) is 2.39. The summed E-state index contributed by atoms with van der Waals surface area (Å²) in [5.41, 5.74) is 3.21. The molecule has 0 unspecified atom stereocenters. The molecular formula is C26H28N4O4S. The molecule has 8 nitrogen and oxygen atoms in total. The molecule has 2 aromatic carbocycles. The molecule has 3 aromatic rings. The van der Waals surface area contributed by atoms with Crippen molar-refractivity contribution in [2.24, 2.45) is 0 Å². The smallest absolute Gasteiger partial charge is 0.308 e. The normalized spacial score (nSPS) is 14.4. The fourth-order valence-corrected chi connectivity index (χ4v) is 4.72. The van der Waals surface area contributed by atoms with Crippen LogP contribution in [0.25, 0.3) is 11.3 Å². The molecule has 1 aliphatic heterocycles. The number of benzene rings is 2. The number of carbonyl (C=O) groups is 2. The molecule has 0 fully saturated rings. The van der Waals surface area contributed by atoms with Crippen LogP contribution >= 0.6 is 11.8 Å². The van der Waals surface area contributed by atoms with Crippen molar-refractivity contribution in [3.63, 3.8) is 0 Å². The van der Waals surface area contributed by atoms with Gasteiger partial charge in [0.25, 0.3) is 0 Å². The van der Waals surface area contributed by atoms with E-state index in [1.807, 2.05) is 43.3 Å². The van der Waals surface area contributed by atoms with Gasteiger partial charge in [0.15, 0.2) is 5.69 Å². The maximum atomic E-state index is 13.0. The maximum absolute atomic E-state index is 13.0. The largest absolute Gasteiger partial charge is 0.447 e. The van der Waals surface area contributed by atoms with Crippen LogP contribution in [0.1, 0.15) is 57.4 Å². The minimum atomic E-state index is -0.932. The summed E-state index contributed by atoms with van der Waals surface area (Å²) in [4.78, 5) is 31.1. The Hall–Kier alpha value is -3.46. The lowest BCUT2D eigenvalue weighted by Gasteiger charge is -2.30. The lowest BCUT2D eigenvalue weighted by molar-refractivity contribution is -0.132. The van der Waals surface area contributed by atoms with Gasteiger partial charge in [-0.3, -0.25) is 14.5 Å². The Kier molecular flexibility index (Phi) is 7.65. The zero-order valence-electron chi connectivity index (χ0n) is 20.3. The predicted molar refractivity (Wildman–Crippen MR) is 135 cm³/mol. The second-order valence-electron chi connectivity index (χ2n) is 8.32. The number of ether oxygens (including phenoxy) is 2. The monoisotopic (exact) mass is 492 g/mol. The highest BCUT2D eigenvalue weighted by Gasteiger charge is 2.36. The Labute approximate surface area is 209 Å². The van der Waals surface area contributed by atoms with Gasteiger partial charge in [-0.2, -0.15) is 4.98 Å². The number of esters is 1. The quantitative estimate of drug-likeness (QED) is 0.185. The van der Waals surface area contributed by atoms with Crippen molar-refractivity contribution >= 4 is 29.3 Å². The number of hydrogen-bond donors (Lipinski definition) is 0. The molecule has 1 amide bonds. The highest BCUT2D eigenvalue weighted by atomic mass is 32.2.